The van der Waals surface area contributed by atoms with Crippen molar-refractivity contribution in [2.45, 2.75) is 19.3 Å². The van der Waals surface area contributed by atoms with Gasteiger partial charge in [-0.2, -0.15) is 0 Å². The molecule has 0 amide bonds. The van der Waals surface area contributed by atoms with E-state index in [-0.39, 0.29) is 0 Å². The Morgan fingerprint density at radius 2 is 2.31 bits per heavy atom. The predicted molar refractivity (Wildman–Crippen MR) is 56.4 cm³/mol. The maximum atomic E-state index is 5.96. The molecule has 1 nitrogen and oxygen atoms in total. The molecule has 0 radical (unpaired) electrons. The van der Waals surface area contributed by atoms with Gasteiger partial charge in [-0.3, -0.25) is 0 Å². The van der Waals surface area contributed by atoms with Gasteiger partial charge in [0.1, 0.15) is 0 Å². The minimum Gasteiger partial charge on any atom is -0.316 e. The lowest BCUT2D eigenvalue weighted by atomic mass is 9.96. The third-order valence-electron chi connectivity index (χ3n) is 2.66. The van der Waals surface area contributed by atoms with E-state index >= 15 is 0 Å². The molecule has 13 heavy (non-hydrogen) atoms. The zero-order valence-electron chi connectivity index (χ0n) is 7.81. The quantitative estimate of drug-likeness (QED) is 0.671. The molecule has 1 atom stereocenters. The Labute approximate surface area is 84.1 Å². The zero-order valence-corrected chi connectivity index (χ0v) is 8.56. The monoisotopic (exact) mass is 195 g/mol. The number of benzene rings is 1. The fourth-order valence-corrected chi connectivity index (χ4v) is 2.12. The van der Waals surface area contributed by atoms with Crippen LogP contribution in [0.3, 0.4) is 0 Å². The highest BCUT2D eigenvalue weighted by Gasteiger charge is 2.13. The molecule has 2 rings (SSSR count). The summed E-state index contributed by atoms with van der Waals surface area (Å²) in [7, 11) is 0. The molecule has 0 saturated heterocycles. The van der Waals surface area contributed by atoms with E-state index in [1.165, 1.54) is 11.1 Å². The average molecular weight is 196 g/mol. The highest BCUT2D eigenvalue weighted by atomic mass is 35.5. The van der Waals surface area contributed by atoms with Gasteiger partial charge in [0.25, 0.3) is 0 Å². The minimum atomic E-state index is 0.606. The van der Waals surface area contributed by atoms with Crippen LogP contribution in [0.4, 0.5) is 0 Å². The average Bonchev–Trinajstić information content (AvgIpc) is 2.28. The Balaban J connectivity index is 2.42. The molecule has 0 aromatic heterocycles. The molecular formula is C11H14ClN. The Morgan fingerprint density at radius 3 is 3.15 bits per heavy atom. The molecule has 1 aromatic carbocycles. The summed E-state index contributed by atoms with van der Waals surface area (Å²) in [6.45, 7) is 4.40. The van der Waals surface area contributed by atoms with Crippen molar-refractivity contribution in [3.05, 3.63) is 34.3 Å². The largest absolute Gasteiger partial charge is 0.316 e. The van der Waals surface area contributed by atoms with Crippen LogP contribution in [0, 0.1) is 0 Å². The van der Waals surface area contributed by atoms with Crippen LogP contribution >= 0.6 is 11.6 Å². The van der Waals surface area contributed by atoms with Crippen LogP contribution in [0.15, 0.2) is 18.2 Å². The van der Waals surface area contributed by atoms with Crippen molar-refractivity contribution < 1.29 is 0 Å². The Morgan fingerprint density at radius 1 is 1.46 bits per heavy atom. The summed E-state index contributed by atoms with van der Waals surface area (Å²) in [6, 6.07) is 6.25. The molecule has 1 N–H and O–H groups in total. The summed E-state index contributed by atoms with van der Waals surface area (Å²) in [5, 5.41) is 4.27. The van der Waals surface area contributed by atoms with E-state index in [1.807, 2.05) is 6.07 Å². The molecule has 0 aliphatic carbocycles. The first-order chi connectivity index (χ1) is 6.27. The van der Waals surface area contributed by atoms with Gasteiger partial charge >= 0.3 is 0 Å². The van der Waals surface area contributed by atoms with Crippen LogP contribution in [0.1, 0.15) is 24.0 Å². The van der Waals surface area contributed by atoms with E-state index in [4.69, 9.17) is 11.6 Å². The normalized spacial score (nSPS) is 22.2. The molecule has 1 heterocycles. The molecule has 1 aliphatic heterocycles. The molecule has 0 spiro atoms. The molecule has 1 aliphatic rings. The molecule has 0 unspecified atom stereocenters. The van der Waals surface area contributed by atoms with Crippen molar-refractivity contribution >= 4 is 11.6 Å². The van der Waals surface area contributed by atoms with E-state index in [2.05, 4.69) is 24.4 Å². The summed E-state index contributed by atoms with van der Waals surface area (Å²) >= 11 is 5.96. The topological polar surface area (TPSA) is 12.0 Å². The van der Waals surface area contributed by atoms with E-state index in [0.29, 0.717) is 5.92 Å². The van der Waals surface area contributed by atoms with Crippen LogP contribution in [0.2, 0.25) is 5.02 Å². The van der Waals surface area contributed by atoms with E-state index in [1.54, 1.807) is 0 Å². The summed E-state index contributed by atoms with van der Waals surface area (Å²) in [5.41, 5.74) is 2.86. The first kappa shape index (κ1) is 9.04. The molecule has 0 saturated carbocycles. The highest BCUT2D eigenvalue weighted by Crippen LogP contribution is 2.24. The van der Waals surface area contributed by atoms with Gasteiger partial charge in [0.2, 0.25) is 0 Å². The first-order valence-electron chi connectivity index (χ1n) is 4.76. The lowest BCUT2D eigenvalue weighted by Crippen LogP contribution is -2.18. The van der Waals surface area contributed by atoms with Gasteiger partial charge in [-0.15, -0.1) is 0 Å². The van der Waals surface area contributed by atoms with Crippen LogP contribution in [0.5, 0.6) is 0 Å². The molecule has 2 heteroatoms. The van der Waals surface area contributed by atoms with E-state index in [9.17, 15) is 0 Å². The fraction of sp³-hybridized carbons (Fsp3) is 0.455. The van der Waals surface area contributed by atoms with Gasteiger partial charge in [-0.05, 0) is 42.1 Å². The molecule has 1 aromatic rings. The van der Waals surface area contributed by atoms with Crippen molar-refractivity contribution in [1.82, 2.24) is 5.32 Å². The zero-order chi connectivity index (χ0) is 9.26. The van der Waals surface area contributed by atoms with Gasteiger partial charge < -0.3 is 5.32 Å². The molecular weight excluding hydrogens is 182 g/mol. The number of rotatable bonds is 0. The second-order valence-corrected chi connectivity index (χ2v) is 4.13. The third-order valence-corrected chi connectivity index (χ3v) is 2.89. The Kier molecular flexibility index (Phi) is 2.56. The minimum absolute atomic E-state index is 0.606. The van der Waals surface area contributed by atoms with Crippen molar-refractivity contribution in [2.24, 2.45) is 0 Å². The van der Waals surface area contributed by atoms with Gasteiger partial charge in [0.05, 0.1) is 0 Å². The van der Waals surface area contributed by atoms with E-state index < -0.39 is 0 Å². The van der Waals surface area contributed by atoms with Crippen molar-refractivity contribution in [3.8, 4) is 0 Å². The van der Waals surface area contributed by atoms with Gasteiger partial charge in [0.15, 0.2) is 0 Å². The van der Waals surface area contributed by atoms with Gasteiger partial charge in [0, 0.05) is 11.6 Å². The number of hydrogen-bond acceptors (Lipinski definition) is 1. The van der Waals surface area contributed by atoms with Crippen LogP contribution in [0.25, 0.3) is 0 Å². The molecule has 0 fully saturated rings. The predicted octanol–water partition coefficient (Wildman–Crippen LogP) is 2.59. The van der Waals surface area contributed by atoms with Crippen molar-refractivity contribution in [3.63, 3.8) is 0 Å². The number of nitrogens with one attached hydrogen (secondary N) is 1. The summed E-state index contributed by atoms with van der Waals surface area (Å²) in [5.74, 6) is 0.606. The summed E-state index contributed by atoms with van der Waals surface area (Å²) in [4.78, 5) is 0. The number of fused-ring (bicyclic) bond motifs is 1. The Bertz CT molecular complexity index is 309. The Hall–Kier alpha value is -0.530. The molecule has 70 valence electrons. The fourth-order valence-electron chi connectivity index (χ4n) is 1.92. The maximum absolute atomic E-state index is 5.96. The number of halogens is 1. The lowest BCUT2D eigenvalue weighted by Gasteiger charge is -2.11. The van der Waals surface area contributed by atoms with E-state index in [0.717, 1.165) is 24.5 Å². The van der Waals surface area contributed by atoms with Crippen LogP contribution in [-0.2, 0) is 6.42 Å². The third kappa shape index (κ3) is 1.87. The van der Waals surface area contributed by atoms with Gasteiger partial charge in [-0.1, -0.05) is 24.6 Å². The second-order valence-electron chi connectivity index (χ2n) is 3.70. The van der Waals surface area contributed by atoms with Crippen LogP contribution < -0.4 is 5.32 Å². The highest BCUT2D eigenvalue weighted by molar-refractivity contribution is 6.30. The number of hydrogen-bond donors (Lipinski definition) is 1. The molecule has 0 bridgehead atoms. The SMILES string of the molecule is C[C@H]1CNCCc2cc(Cl)ccc21. The standard InChI is InChI=1S/C11H14ClN/c1-8-7-13-5-4-9-6-10(12)2-3-11(8)9/h2-3,6,8,13H,4-5,7H2,1H3/t8-/m0/s1. The lowest BCUT2D eigenvalue weighted by molar-refractivity contribution is 0.644. The van der Waals surface area contributed by atoms with Gasteiger partial charge in [-0.25, -0.2) is 0 Å². The summed E-state index contributed by atoms with van der Waals surface area (Å²) in [6.07, 6.45) is 1.10. The van der Waals surface area contributed by atoms with Crippen molar-refractivity contribution in [1.29, 1.82) is 0 Å². The van der Waals surface area contributed by atoms with Crippen LogP contribution in [-0.4, -0.2) is 13.1 Å². The second kappa shape index (κ2) is 3.69. The smallest absolute Gasteiger partial charge is 0.0408 e. The summed E-state index contributed by atoms with van der Waals surface area (Å²) < 4.78 is 0. The first-order valence-corrected chi connectivity index (χ1v) is 5.14. The van der Waals surface area contributed by atoms with Crippen molar-refractivity contribution in [2.75, 3.05) is 13.1 Å². The maximum Gasteiger partial charge on any atom is 0.0408 e.